The van der Waals surface area contributed by atoms with Crippen molar-refractivity contribution in [2.75, 3.05) is 13.1 Å². The summed E-state index contributed by atoms with van der Waals surface area (Å²) in [6, 6.07) is 9.41. The number of hydrogen-bond donors (Lipinski definition) is 2. The van der Waals surface area contributed by atoms with E-state index in [-0.39, 0.29) is 42.5 Å². The first-order chi connectivity index (χ1) is 11.9. The van der Waals surface area contributed by atoms with Gasteiger partial charge in [-0.15, -0.1) is 11.3 Å². The Hall–Kier alpha value is -1.74. The molecule has 0 saturated heterocycles. The van der Waals surface area contributed by atoms with Crippen LogP contribution >= 0.6 is 22.9 Å². The van der Waals surface area contributed by atoms with Crippen LogP contribution in [0, 0.1) is 0 Å². The highest BCUT2D eigenvalue weighted by atomic mass is 35.5. The van der Waals surface area contributed by atoms with E-state index >= 15 is 0 Å². The van der Waals surface area contributed by atoms with Crippen LogP contribution in [0.5, 0.6) is 0 Å². The SMILES string of the molecule is O=C(CCC(=O)c1cccs1)NCCNS(=O)(=O)c1cccc(Cl)c1. The molecule has 0 spiro atoms. The fourth-order valence-electron chi connectivity index (χ4n) is 1.98. The number of carbonyl (C=O) groups excluding carboxylic acids is 2. The second-order valence-corrected chi connectivity index (χ2v) is 8.26. The second kappa shape index (κ2) is 9.10. The highest BCUT2D eigenvalue weighted by Crippen LogP contribution is 2.15. The highest BCUT2D eigenvalue weighted by Gasteiger charge is 2.14. The van der Waals surface area contributed by atoms with Crippen LogP contribution in [0.2, 0.25) is 5.02 Å². The lowest BCUT2D eigenvalue weighted by Crippen LogP contribution is -2.34. The molecule has 0 fully saturated rings. The Labute approximate surface area is 155 Å². The van der Waals surface area contributed by atoms with Crippen LogP contribution in [0.4, 0.5) is 0 Å². The minimum Gasteiger partial charge on any atom is -0.355 e. The molecule has 0 bridgehead atoms. The molecule has 9 heteroatoms. The Morgan fingerprint density at radius 1 is 1.08 bits per heavy atom. The molecule has 1 heterocycles. The number of thiophene rings is 1. The van der Waals surface area contributed by atoms with Crippen molar-refractivity contribution >= 4 is 44.7 Å². The Balaban J connectivity index is 1.70. The van der Waals surface area contributed by atoms with Crippen molar-refractivity contribution in [3.8, 4) is 0 Å². The molecule has 0 aliphatic carbocycles. The van der Waals surface area contributed by atoms with E-state index in [9.17, 15) is 18.0 Å². The molecular weight excluding hydrogens is 384 g/mol. The molecule has 1 aromatic heterocycles. The van der Waals surface area contributed by atoms with Gasteiger partial charge in [-0.1, -0.05) is 23.7 Å². The normalized spacial score (nSPS) is 11.2. The molecule has 0 radical (unpaired) electrons. The van der Waals surface area contributed by atoms with Crippen LogP contribution in [-0.4, -0.2) is 33.2 Å². The van der Waals surface area contributed by atoms with Gasteiger partial charge in [-0.3, -0.25) is 9.59 Å². The number of nitrogens with one attached hydrogen (secondary N) is 2. The summed E-state index contributed by atoms with van der Waals surface area (Å²) in [4.78, 5) is 24.2. The number of hydrogen-bond acceptors (Lipinski definition) is 5. The molecule has 0 aliphatic heterocycles. The number of amides is 1. The molecular formula is C16H17ClN2O4S2. The summed E-state index contributed by atoms with van der Waals surface area (Å²) >= 11 is 7.11. The Kier molecular flexibility index (Phi) is 7.12. The zero-order chi connectivity index (χ0) is 18.3. The maximum atomic E-state index is 12.0. The Morgan fingerprint density at radius 2 is 1.88 bits per heavy atom. The third-order valence-electron chi connectivity index (χ3n) is 3.22. The summed E-state index contributed by atoms with van der Waals surface area (Å²) < 4.78 is 26.5. The summed E-state index contributed by atoms with van der Waals surface area (Å²) in [5, 5.41) is 4.71. The summed E-state index contributed by atoms with van der Waals surface area (Å²) in [6.07, 6.45) is 0.193. The fourth-order valence-corrected chi connectivity index (χ4v) is 4.01. The molecule has 25 heavy (non-hydrogen) atoms. The van der Waals surface area contributed by atoms with Crippen LogP contribution in [0.1, 0.15) is 22.5 Å². The smallest absolute Gasteiger partial charge is 0.240 e. The summed E-state index contributed by atoms with van der Waals surface area (Å²) in [7, 11) is -3.67. The van der Waals surface area contributed by atoms with Gasteiger partial charge in [0.2, 0.25) is 15.9 Å². The molecule has 0 saturated carbocycles. The number of ketones is 1. The molecule has 134 valence electrons. The maximum absolute atomic E-state index is 12.0. The van der Waals surface area contributed by atoms with Gasteiger partial charge in [0.15, 0.2) is 5.78 Å². The number of sulfonamides is 1. The average Bonchev–Trinajstić information content (AvgIpc) is 3.11. The highest BCUT2D eigenvalue weighted by molar-refractivity contribution is 7.89. The number of carbonyl (C=O) groups is 2. The van der Waals surface area contributed by atoms with Crippen molar-refractivity contribution in [2.24, 2.45) is 0 Å². The van der Waals surface area contributed by atoms with E-state index in [1.54, 1.807) is 29.6 Å². The number of Topliss-reactive ketones (excluding diaryl/α,β-unsaturated/α-hetero) is 1. The molecule has 0 atom stereocenters. The molecule has 6 nitrogen and oxygen atoms in total. The van der Waals surface area contributed by atoms with Gasteiger partial charge in [0.25, 0.3) is 0 Å². The maximum Gasteiger partial charge on any atom is 0.240 e. The molecule has 2 N–H and O–H groups in total. The van der Waals surface area contributed by atoms with Gasteiger partial charge in [-0.05, 0) is 29.6 Å². The zero-order valence-corrected chi connectivity index (χ0v) is 15.6. The predicted molar refractivity (Wildman–Crippen MR) is 97.5 cm³/mol. The standard InChI is InChI=1S/C16H17ClN2O4S2/c17-12-3-1-4-13(11-12)25(22,23)19-9-8-18-16(21)7-6-14(20)15-5-2-10-24-15/h1-5,10-11,19H,6-9H2,(H,18,21). The van der Waals surface area contributed by atoms with Gasteiger partial charge in [-0.2, -0.15) is 0 Å². The van der Waals surface area contributed by atoms with Crippen molar-refractivity contribution in [3.63, 3.8) is 0 Å². The van der Waals surface area contributed by atoms with Crippen molar-refractivity contribution < 1.29 is 18.0 Å². The molecule has 1 aromatic carbocycles. The van der Waals surface area contributed by atoms with Crippen LogP contribution in [0.15, 0.2) is 46.7 Å². The summed E-state index contributed by atoms with van der Waals surface area (Å²) in [5.41, 5.74) is 0. The third kappa shape index (κ3) is 6.24. The Bertz CT molecular complexity index is 836. The van der Waals surface area contributed by atoms with E-state index in [1.807, 2.05) is 0 Å². The molecule has 2 rings (SSSR count). The van der Waals surface area contributed by atoms with Gasteiger partial charge in [0.05, 0.1) is 9.77 Å². The monoisotopic (exact) mass is 400 g/mol. The van der Waals surface area contributed by atoms with Crippen LogP contribution in [0.25, 0.3) is 0 Å². The minimum atomic E-state index is -3.67. The van der Waals surface area contributed by atoms with E-state index in [0.29, 0.717) is 9.90 Å². The first kappa shape index (κ1) is 19.6. The van der Waals surface area contributed by atoms with Gasteiger partial charge in [0.1, 0.15) is 0 Å². The van der Waals surface area contributed by atoms with Gasteiger partial charge in [0, 0.05) is 31.0 Å². The molecule has 2 aromatic rings. The number of halogens is 1. The van der Waals surface area contributed by atoms with E-state index in [4.69, 9.17) is 11.6 Å². The molecule has 0 aliphatic rings. The van der Waals surface area contributed by atoms with Crippen molar-refractivity contribution in [3.05, 3.63) is 51.7 Å². The van der Waals surface area contributed by atoms with Crippen LogP contribution in [-0.2, 0) is 14.8 Å². The van der Waals surface area contributed by atoms with Gasteiger partial charge >= 0.3 is 0 Å². The van der Waals surface area contributed by atoms with Crippen molar-refractivity contribution in [1.82, 2.24) is 10.0 Å². The third-order valence-corrected chi connectivity index (χ3v) is 5.83. The largest absolute Gasteiger partial charge is 0.355 e. The first-order valence-corrected chi connectivity index (χ1v) is 10.2. The van der Waals surface area contributed by atoms with Crippen molar-refractivity contribution in [2.45, 2.75) is 17.7 Å². The van der Waals surface area contributed by atoms with Gasteiger partial charge in [-0.25, -0.2) is 13.1 Å². The second-order valence-electron chi connectivity index (χ2n) is 5.11. The van der Waals surface area contributed by atoms with Crippen molar-refractivity contribution in [1.29, 1.82) is 0 Å². The van der Waals surface area contributed by atoms with Crippen LogP contribution < -0.4 is 10.0 Å². The molecule has 0 unspecified atom stereocenters. The summed E-state index contributed by atoms with van der Waals surface area (Å²) in [5.74, 6) is -0.376. The minimum absolute atomic E-state index is 0.0411. The van der Waals surface area contributed by atoms with E-state index < -0.39 is 10.0 Å². The van der Waals surface area contributed by atoms with E-state index in [2.05, 4.69) is 10.0 Å². The first-order valence-electron chi connectivity index (χ1n) is 7.47. The quantitative estimate of drug-likeness (QED) is 0.499. The zero-order valence-electron chi connectivity index (χ0n) is 13.2. The number of benzene rings is 1. The lowest BCUT2D eigenvalue weighted by Gasteiger charge is -2.08. The van der Waals surface area contributed by atoms with E-state index in [0.717, 1.165) is 0 Å². The topological polar surface area (TPSA) is 92.3 Å². The number of rotatable bonds is 9. The molecule has 1 amide bonds. The lowest BCUT2D eigenvalue weighted by atomic mass is 10.2. The fraction of sp³-hybridized carbons (Fsp3) is 0.250. The summed E-state index contributed by atoms with van der Waals surface area (Å²) in [6.45, 7) is 0.172. The Morgan fingerprint density at radius 3 is 2.56 bits per heavy atom. The van der Waals surface area contributed by atoms with Crippen LogP contribution in [0.3, 0.4) is 0 Å². The van der Waals surface area contributed by atoms with E-state index in [1.165, 1.54) is 23.5 Å². The lowest BCUT2D eigenvalue weighted by molar-refractivity contribution is -0.121. The predicted octanol–water partition coefficient (Wildman–Crippen LogP) is 2.46. The van der Waals surface area contributed by atoms with Gasteiger partial charge < -0.3 is 5.32 Å². The average molecular weight is 401 g/mol.